The number of nitrogens with zero attached hydrogens (tertiary/aromatic N) is 2. The molecule has 0 aromatic carbocycles. The molecule has 7 nitrogen and oxygen atoms in total. The minimum atomic E-state index is -0.608. The average Bonchev–Trinajstić information content (AvgIpc) is 3.32. The van der Waals surface area contributed by atoms with E-state index in [-0.39, 0.29) is 23.8 Å². The van der Waals surface area contributed by atoms with E-state index in [1.165, 1.54) is 11.3 Å². The molecule has 3 amide bonds. The number of piperazine rings is 1. The lowest BCUT2D eigenvalue weighted by Crippen LogP contribution is -2.56. The van der Waals surface area contributed by atoms with Gasteiger partial charge in [-0.05, 0) is 47.8 Å². The van der Waals surface area contributed by atoms with Crippen molar-refractivity contribution in [1.82, 2.24) is 15.1 Å². The van der Waals surface area contributed by atoms with E-state index in [4.69, 9.17) is 4.74 Å². The number of halogens is 1. The standard InChI is InChI=1S/C17H22BrN3O4S/c1-11(19-15(22)13-4-5-14(18)26-13)16(23)20-6-8-21(9-7-20)17(24)12-3-2-10-25-12/h4-5,11-12H,2-3,6-10H2,1H3,(H,19,22). The number of ether oxygens (including phenoxy) is 1. The number of amides is 3. The third kappa shape index (κ3) is 4.44. The van der Waals surface area contributed by atoms with Crippen molar-refractivity contribution in [3.05, 3.63) is 20.8 Å². The molecule has 1 aromatic rings. The molecule has 26 heavy (non-hydrogen) atoms. The van der Waals surface area contributed by atoms with Gasteiger partial charge in [0.25, 0.3) is 11.8 Å². The van der Waals surface area contributed by atoms with Crippen molar-refractivity contribution in [3.63, 3.8) is 0 Å². The molecule has 0 saturated carbocycles. The van der Waals surface area contributed by atoms with Gasteiger partial charge in [-0.25, -0.2) is 0 Å². The predicted molar refractivity (Wildman–Crippen MR) is 101 cm³/mol. The first kappa shape index (κ1) is 19.3. The summed E-state index contributed by atoms with van der Waals surface area (Å²) in [6.07, 6.45) is 1.38. The molecular formula is C17H22BrN3O4S. The molecule has 3 rings (SSSR count). The smallest absolute Gasteiger partial charge is 0.262 e. The SMILES string of the molecule is CC(NC(=O)c1ccc(Br)s1)C(=O)N1CCN(C(=O)C2CCCO2)CC1. The first-order valence-electron chi connectivity index (χ1n) is 8.71. The lowest BCUT2D eigenvalue weighted by molar-refractivity contribution is -0.146. The second-order valence-electron chi connectivity index (χ2n) is 6.45. The maximum absolute atomic E-state index is 12.6. The van der Waals surface area contributed by atoms with E-state index in [1.807, 2.05) is 0 Å². The second kappa shape index (κ2) is 8.49. The summed E-state index contributed by atoms with van der Waals surface area (Å²) in [5.41, 5.74) is 0. The Kier molecular flexibility index (Phi) is 6.31. The minimum absolute atomic E-state index is 0.0271. The molecule has 0 bridgehead atoms. The second-order valence-corrected chi connectivity index (χ2v) is 8.91. The molecule has 0 spiro atoms. The molecule has 0 radical (unpaired) electrons. The van der Waals surface area contributed by atoms with Gasteiger partial charge in [0.2, 0.25) is 5.91 Å². The van der Waals surface area contributed by atoms with Gasteiger partial charge in [-0.15, -0.1) is 11.3 Å². The molecule has 1 aromatic heterocycles. The first-order valence-corrected chi connectivity index (χ1v) is 10.3. The molecule has 142 valence electrons. The third-order valence-electron chi connectivity index (χ3n) is 4.62. The number of carbonyl (C=O) groups is 3. The number of hydrogen-bond donors (Lipinski definition) is 1. The monoisotopic (exact) mass is 443 g/mol. The van der Waals surface area contributed by atoms with Crippen LogP contribution in [0.4, 0.5) is 0 Å². The van der Waals surface area contributed by atoms with E-state index >= 15 is 0 Å². The Hall–Kier alpha value is -1.45. The number of nitrogens with one attached hydrogen (secondary N) is 1. The van der Waals surface area contributed by atoms with Crippen LogP contribution in [0.3, 0.4) is 0 Å². The van der Waals surface area contributed by atoms with E-state index in [9.17, 15) is 14.4 Å². The molecule has 0 aliphatic carbocycles. The van der Waals surface area contributed by atoms with Crippen LogP contribution in [0.25, 0.3) is 0 Å². The van der Waals surface area contributed by atoms with Crippen LogP contribution >= 0.6 is 27.3 Å². The molecule has 9 heteroatoms. The Morgan fingerprint density at radius 3 is 2.50 bits per heavy atom. The summed E-state index contributed by atoms with van der Waals surface area (Å²) in [4.78, 5) is 41.1. The quantitative estimate of drug-likeness (QED) is 0.763. The maximum atomic E-state index is 12.6. The molecule has 2 unspecified atom stereocenters. The van der Waals surface area contributed by atoms with Crippen LogP contribution in [-0.2, 0) is 14.3 Å². The van der Waals surface area contributed by atoms with E-state index in [0.29, 0.717) is 37.7 Å². The van der Waals surface area contributed by atoms with Gasteiger partial charge < -0.3 is 19.9 Å². The van der Waals surface area contributed by atoms with Gasteiger partial charge in [0.05, 0.1) is 8.66 Å². The van der Waals surface area contributed by atoms with Gasteiger partial charge in [-0.1, -0.05) is 0 Å². The Balaban J connectivity index is 1.48. The molecule has 2 atom stereocenters. The summed E-state index contributed by atoms with van der Waals surface area (Å²) in [5, 5.41) is 2.74. The number of rotatable bonds is 4. The average molecular weight is 444 g/mol. The zero-order valence-electron chi connectivity index (χ0n) is 14.6. The topological polar surface area (TPSA) is 79.0 Å². The van der Waals surface area contributed by atoms with Crippen LogP contribution in [0.5, 0.6) is 0 Å². The van der Waals surface area contributed by atoms with E-state index in [1.54, 1.807) is 28.9 Å². The number of thiophene rings is 1. The zero-order chi connectivity index (χ0) is 18.7. The Morgan fingerprint density at radius 1 is 1.23 bits per heavy atom. The Morgan fingerprint density at radius 2 is 1.92 bits per heavy atom. The van der Waals surface area contributed by atoms with Crippen LogP contribution in [0.1, 0.15) is 29.4 Å². The lowest BCUT2D eigenvalue weighted by atomic mass is 10.2. The highest BCUT2D eigenvalue weighted by Gasteiger charge is 2.32. The van der Waals surface area contributed by atoms with Crippen LogP contribution in [-0.4, -0.2) is 72.5 Å². The van der Waals surface area contributed by atoms with Crippen molar-refractivity contribution in [1.29, 1.82) is 0 Å². The summed E-state index contributed by atoms with van der Waals surface area (Å²) >= 11 is 4.65. The number of carbonyl (C=O) groups excluding carboxylic acids is 3. The summed E-state index contributed by atoms with van der Waals surface area (Å²) in [6, 6.07) is 2.91. The zero-order valence-corrected chi connectivity index (χ0v) is 17.0. The molecular weight excluding hydrogens is 422 g/mol. The highest BCUT2D eigenvalue weighted by Crippen LogP contribution is 2.22. The normalized spacial score (nSPS) is 21.5. The molecule has 2 saturated heterocycles. The molecule has 2 fully saturated rings. The summed E-state index contributed by atoms with van der Waals surface area (Å²) in [6.45, 7) is 4.29. The van der Waals surface area contributed by atoms with Gasteiger partial charge in [0.1, 0.15) is 12.1 Å². The van der Waals surface area contributed by atoms with Crippen LogP contribution in [0.15, 0.2) is 15.9 Å². The van der Waals surface area contributed by atoms with Crippen LogP contribution in [0, 0.1) is 0 Å². The van der Waals surface area contributed by atoms with Crippen LogP contribution < -0.4 is 5.32 Å². The Labute approximate surface area is 164 Å². The first-order chi connectivity index (χ1) is 12.5. The van der Waals surface area contributed by atoms with Crippen molar-refractivity contribution < 1.29 is 19.1 Å². The highest BCUT2D eigenvalue weighted by molar-refractivity contribution is 9.11. The molecule has 1 N–H and O–H groups in total. The lowest BCUT2D eigenvalue weighted by Gasteiger charge is -2.36. The summed E-state index contributed by atoms with van der Waals surface area (Å²) < 4.78 is 6.32. The minimum Gasteiger partial charge on any atom is -0.368 e. The largest absolute Gasteiger partial charge is 0.368 e. The van der Waals surface area contributed by atoms with Gasteiger partial charge in [0.15, 0.2) is 0 Å². The number of hydrogen-bond acceptors (Lipinski definition) is 5. The van der Waals surface area contributed by atoms with Gasteiger partial charge >= 0.3 is 0 Å². The van der Waals surface area contributed by atoms with Crippen molar-refractivity contribution in [2.24, 2.45) is 0 Å². The van der Waals surface area contributed by atoms with Crippen molar-refractivity contribution >= 4 is 45.0 Å². The fourth-order valence-corrected chi connectivity index (χ4v) is 4.45. The van der Waals surface area contributed by atoms with Crippen molar-refractivity contribution in [2.75, 3.05) is 32.8 Å². The summed E-state index contributed by atoms with van der Waals surface area (Å²) in [5.74, 6) is -0.355. The van der Waals surface area contributed by atoms with E-state index in [2.05, 4.69) is 21.2 Å². The fourth-order valence-electron chi connectivity index (χ4n) is 3.16. The molecule has 2 aliphatic heterocycles. The van der Waals surface area contributed by atoms with Crippen molar-refractivity contribution in [3.8, 4) is 0 Å². The Bertz CT molecular complexity index is 681. The molecule has 2 aliphatic rings. The van der Waals surface area contributed by atoms with Crippen LogP contribution in [0.2, 0.25) is 0 Å². The predicted octanol–water partition coefficient (Wildman–Crippen LogP) is 1.48. The van der Waals surface area contributed by atoms with Gasteiger partial charge in [-0.2, -0.15) is 0 Å². The van der Waals surface area contributed by atoms with E-state index < -0.39 is 6.04 Å². The van der Waals surface area contributed by atoms with Gasteiger partial charge in [0, 0.05) is 32.8 Å². The third-order valence-corrected chi connectivity index (χ3v) is 6.25. The maximum Gasteiger partial charge on any atom is 0.262 e. The fraction of sp³-hybridized carbons (Fsp3) is 0.588. The highest BCUT2D eigenvalue weighted by atomic mass is 79.9. The van der Waals surface area contributed by atoms with Gasteiger partial charge in [-0.3, -0.25) is 14.4 Å². The molecule has 3 heterocycles. The van der Waals surface area contributed by atoms with Crippen molar-refractivity contribution in [2.45, 2.75) is 31.9 Å². The summed E-state index contributed by atoms with van der Waals surface area (Å²) in [7, 11) is 0. The van der Waals surface area contributed by atoms with E-state index in [0.717, 1.165) is 16.6 Å².